The highest BCUT2D eigenvalue weighted by Gasteiger charge is 1.89. The second kappa shape index (κ2) is 8.41. The van der Waals surface area contributed by atoms with E-state index in [4.69, 9.17) is 0 Å². The molecule has 0 saturated heterocycles. The Morgan fingerprint density at radius 2 is 1.90 bits per heavy atom. The van der Waals surface area contributed by atoms with Gasteiger partial charge in [0, 0.05) is 0 Å². The lowest BCUT2D eigenvalue weighted by Crippen LogP contribution is -1.71. The smallest absolute Gasteiger partial charge is 0.121 e. The van der Waals surface area contributed by atoms with E-state index in [9.17, 15) is 4.39 Å². The van der Waals surface area contributed by atoms with Gasteiger partial charge < -0.3 is 0 Å². The Kier molecular flexibility index (Phi) is 10.2. The molecule has 0 amide bonds. The van der Waals surface area contributed by atoms with Gasteiger partial charge in [0.05, 0.1) is 0 Å². The second-order valence-corrected chi connectivity index (χ2v) is 1.74. The van der Waals surface area contributed by atoms with Crippen molar-refractivity contribution in [1.82, 2.24) is 0 Å². The minimum Gasteiger partial charge on any atom is -0.207 e. The van der Waals surface area contributed by atoms with E-state index in [0.717, 1.165) is 6.42 Å². The van der Waals surface area contributed by atoms with Crippen molar-refractivity contribution < 1.29 is 4.39 Å². The van der Waals surface area contributed by atoms with Gasteiger partial charge in [-0.3, -0.25) is 0 Å². The fourth-order valence-electron chi connectivity index (χ4n) is 0.353. The van der Waals surface area contributed by atoms with Crippen molar-refractivity contribution in [1.29, 1.82) is 0 Å². The summed E-state index contributed by atoms with van der Waals surface area (Å²) >= 11 is 0. The van der Waals surface area contributed by atoms with Crippen LogP contribution in [0.15, 0.2) is 24.1 Å². The standard InChI is InChI=1S/C7H11F.C2H6/c1-4-5-7(8)6(2)3;1-2/h5H,2,4H2,1,3H3;1-2H3/b7-5+;. The Morgan fingerprint density at radius 3 is 2.00 bits per heavy atom. The molecular formula is C9H17F. The van der Waals surface area contributed by atoms with Gasteiger partial charge in [-0.25, -0.2) is 4.39 Å². The van der Waals surface area contributed by atoms with Crippen molar-refractivity contribution in [2.24, 2.45) is 0 Å². The molecule has 0 saturated carbocycles. The number of hydrogen-bond donors (Lipinski definition) is 0. The summed E-state index contributed by atoms with van der Waals surface area (Å²) in [5, 5.41) is 0. The van der Waals surface area contributed by atoms with Crippen LogP contribution in [0.25, 0.3) is 0 Å². The fraction of sp³-hybridized carbons (Fsp3) is 0.556. The average Bonchev–Trinajstić information content (AvgIpc) is 1.93. The monoisotopic (exact) mass is 144 g/mol. The summed E-state index contributed by atoms with van der Waals surface area (Å²) in [7, 11) is 0. The van der Waals surface area contributed by atoms with E-state index < -0.39 is 0 Å². The maximum Gasteiger partial charge on any atom is 0.121 e. The molecular weight excluding hydrogens is 127 g/mol. The van der Waals surface area contributed by atoms with E-state index in [0.29, 0.717) is 5.57 Å². The molecule has 10 heavy (non-hydrogen) atoms. The molecule has 0 bridgehead atoms. The van der Waals surface area contributed by atoms with Crippen LogP contribution >= 0.6 is 0 Å². The van der Waals surface area contributed by atoms with Crippen LogP contribution in [0.4, 0.5) is 4.39 Å². The minimum atomic E-state index is -0.187. The molecule has 0 heterocycles. The van der Waals surface area contributed by atoms with Crippen molar-refractivity contribution >= 4 is 0 Å². The van der Waals surface area contributed by atoms with Gasteiger partial charge >= 0.3 is 0 Å². The van der Waals surface area contributed by atoms with E-state index in [2.05, 4.69) is 6.58 Å². The van der Waals surface area contributed by atoms with Gasteiger partial charge in [0.25, 0.3) is 0 Å². The summed E-state index contributed by atoms with van der Waals surface area (Å²) in [5.74, 6) is -0.187. The Morgan fingerprint density at radius 1 is 1.50 bits per heavy atom. The topological polar surface area (TPSA) is 0 Å². The van der Waals surface area contributed by atoms with Crippen LogP contribution in [0.3, 0.4) is 0 Å². The molecule has 0 aromatic carbocycles. The predicted molar refractivity (Wildman–Crippen MR) is 45.6 cm³/mol. The first kappa shape index (κ1) is 12.1. The molecule has 0 unspecified atom stereocenters. The summed E-state index contributed by atoms with van der Waals surface area (Å²) in [4.78, 5) is 0. The van der Waals surface area contributed by atoms with Crippen LogP contribution in [0.2, 0.25) is 0 Å². The molecule has 60 valence electrons. The van der Waals surface area contributed by atoms with Crippen molar-refractivity contribution in [2.75, 3.05) is 0 Å². The number of halogens is 1. The van der Waals surface area contributed by atoms with Crippen LogP contribution in [-0.2, 0) is 0 Å². The third-order valence-electron chi connectivity index (χ3n) is 0.791. The quantitative estimate of drug-likeness (QED) is 0.516. The van der Waals surface area contributed by atoms with Gasteiger partial charge in [-0.2, -0.15) is 0 Å². The Hall–Kier alpha value is -0.590. The molecule has 0 radical (unpaired) electrons. The molecule has 0 aliphatic heterocycles. The summed E-state index contributed by atoms with van der Waals surface area (Å²) in [6.07, 6.45) is 2.25. The summed E-state index contributed by atoms with van der Waals surface area (Å²) in [5.41, 5.74) is 0.506. The number of hydrogen-bond acceptors (Lipinski definition) is 0. The van der Waals surface area contributed by atoms with E-state index in [-0.39, 0.29) is 5.83 Å². The maximum atomic E-state index is 12.3. The molecule has 0 aromatic heterocycles. The molecule has 0 spiro atoms. The fourth-order valence-corrected chi connectivity index (χ4v) is 0.353. The van der Waals surface area contributed by atoms with Crippen LogP contribution < -0.4 is 0 Å². The van der Waals surface area contributed by atoms with Gasteiger partial charge in [0.2, 0.25) is 0 Å². The normalized spacial score (nSPS) is 9.90. The van der Waals surface area contributed by atoms with Crippen molar-refractivity contribution in [3.05, 3.63) is 24.1 Å². The van der Waals surface area contributed by atoms with Crippen molar-refractivity contribution in [3.63, 3.8) is 0 Å². The van der Waals surface area contributed by atoms with Crippen LogP contribution in [-0.4, -0.2) is 0 Å². The SMILES string of the molecule is C=C(C)/C(F)=C\CC.CC. The highest BCUT2D eigenvalue weighted by Crippen LogP contribution is 2.07. The molecule has 0 aliphatic rings. The third-order valence-corrected chi connectivity index (χ3v) is 0.791. The maximum absolute atomic E-state index is 12.3. The van der Waals surface area contributed by atoms with E-state index in [1.54, 1.807) is 6.92 Å². The molecule has 0 N–H and O–H groups in total. The van der Waals surface area contributed by atoms with E-state index in [1.807, 2.05) is 20.8 Å². The summed E-state index contributed by atoms with van der Waals surface area (Å²) in [6.45, 7) is 11.0. The summed E-state index contributed by atoms with van der Waals surface area (Å²) < 4.78 is 12.3. The first-order valence-corrected chi connectivity index (χ1v) is 3.70. The Balaban J connectivity index is 0. The lowest BCUT2D eigenvalue weighted by molar-refractivity contribution is 0.647. The minimum absolute atomic E-state index is 0.187. The molecule has 0 nitrogen and oxygen atoms in total. The highest BCUT2D eigenvalue weighted by molar-refractivity contribution is 5.18. The molecule has 0 atom stereocenters. The number of allylic oxidation sites excluding steroid dienone is 3. The Labute approximate surface area is 63.5 Å². The largest absolute Gasteiger partial charge is 0.207 e. The molecule has 0 fully saturated rings. The van der Waals surface area contributed by atoms with Gasteiger partial charge in [0.1, 0.15) is 5.83 Å². The Bertz CT molecular complexity index is 112. The zero-order valence-electron chi connectivity index (χ0n) is 7.37. The molecule has 0 aliphatic carbocycles. The van der Waals surface area contributed by atoms with E-state index in [1.165, 1.54) is 6.08 Å². The first-order chi connectivity index (χ1) is 4.68. The molecule has 0 aromatic rings. The van der Waals surface area contributed by atoms with Crippen LogP contribution in [0.5, 0.6) is 0 Å². The van der Waals surface area contributed by atoms with Gasteiger partial charge in [0.15, 0.2) is 0 Å². The lowest BCUT2D eigenvalue weighted by atomic mass is 10.3. The van der Waals surface area contributed by atoms with Crippen molar-refractivity contribution in [3.8, 4) is 0 Å². The zero-order valence-corrected chi connectivity index (χ0v) is 7.37. The van der Waals surface area contributed by atoms with Crippen molar-refractivity contribution in [2.45, 2.75) is 34.1 Å². The second-order valence-electron chi connectivity index (χ2n) is 1.74. The average molecular weight is 144 g/mol. The predicted octanol–water partition coefficient (Wildman–Crippen LogP) is 3.85. The van der Waals surface area contributed by atoms with E-state index >= 15 is 0 Å². The number of rotatable bonds is 2. The van der Waals surface area contributed by atoms with Crippen LogP contribution in [0, 0.1) is 0 Å². The molecule has 0 rings (SSSR count). The summed E-state index contributed by atoms with van der Waals surface area (Å²) in [6, 6.07) is 0. The highest BCUT2D eigenvalue weighted by atomic mass is 19.1. The van der Waals surface area contributed by atoms with Gasteiger partial charge in [-0.15, -0.1) is 0 Å². The first-order valence-electron chi connectivity index (χ1n) is 3.70. The van der Waals surface area contributed by atoms with Gasteiger partial charge in [-0.1, -0.05) is 27.4 Å². The van der Waals surface area contributed by atoms with Gasteiger partial charge in [-0.05, 0) is 25.0 Å². The lowest BCUT2D eigenvalue weighted by Gasteiger charge is -1.89. The third kappa shape index (κ3) is 7.41. The molecule has 1 heteroatoms. The zero-order chi connectivity index (χ0) is 8.57. The van der Waals surface area contributed by atoms with Crippen LogP contribution in [0.1, 0.15) is 34.1 Å².